The fourth-order valence-electron chi connectivity index (χ4n) is 2.96. The van der Waals surface area contributed by atoms with E-state index in [9.17, 15) is 13.6 Å². The summed E-state index contributed by atoms with van der Waals surface area (Å²) in [6.07, 6.45) is 3.55. The van der Waals surface area contributed by atoms with Gasteiger partial charge in [-0.1, -0.05) is 24.2 Å². The number of fused-ring (bicyclic) bond motifs is 1. The zero-order valence-corrected chi connectivity index (χ0v) is 14.2. The van der Waals surface area contributed by atoms with E-state index in [4.69, 9.17) is 5.73 Å². The van der Waals surface area contributed by atoms with Crippen LogP contribution in [0.3, 0.4) is 0 Å². The Morgan fingerprint density at radius 1 is 1.39 bits per heavy atom. The molecule has 2 unspecified atom stereocenters. The number of carbonyl (C=O) groups is 1. The SMILES string of the molecule is CC1(N)CCCCC1C(=O)Nc1nc2cc(F)c(F)cc2s1.Cl. The highest BCUT2D eigenvalue weighted by Gasteiger charge is 2.38. The van der Waals surface area contributed by atoms with Gasteiger partial charge in [-0.15, -0.1) is 12.4 Å². The van der Waals surface area contributed by atoms with Crippen molar-refractivity contribution in [3.8, 4) is 0 Å². The maximum atomic E-state index is 13.2. The van der Waals surface area contributed by atoms with Gasteiger partial charge in [0.15, 0.2) is 16.8 Å². The summed E-state index contributed by atoms with van der Waals surface area (Å²) in [6, 6.07) is 2.12. The Labute approximate surface area is 142 Å². The van der Waals surface area contributed by atoms with Crippen molar-refractivity contribution in [3.63, 3.8) is 0 Å². The summed E-state index contributed by atoms with van der Waals surface area (Å²) in [6.45, 7) is 1.89. The van der Waals surface area contributed by atoms with Gasteiger partial charge in [-0.3, -0.25) is 4.79 Å². The maximum Gasteiger partial charge on any atom is 0.231 e. The van der Waals surface area contributed by atoms with Gasteiger partial charge in [0.25, 0.3) is 0 Å². The number of hydrogen-bond acceptors (Lipinski definition) is 4. The van der Waals surface area contributed by atoms with Crippen LogP contribution in [0.1, 0.15) is 32.6 Å². The third-order valence-corrected chi connectivity index (χ3v) is 5.17. The number of aromatic nitrogens is 1. The number of benzene rings is 1. The van der Waals surface area contributed by atoms with Gasteiger partial charge >= 0.3 is 0 Å². The van der Waals surface area contributed by atoms with Crippen LogP contribution >= 0.6 is 23.7 Å². The molecule has 0 bridgehead atoms. The molecule has 126 valence electrons. The molecule has 1 saturated carbocycles. The fourth-order valence-corrected chi connectivity index (χ4v) is 3.83. The first-order valence-electron chi connectivity index (χ1n) is 7.22. The second-order valence-electron chi connectivity index (χ2n) is 6.05. The lowest BCUT2D eigenvalue weighted by Gasteiger charge is -2.36. The van der Waals surface area contributed by atoms with Gasteiger partial charge in [0.1, 0.15) is 0 Å². The Morgan fingerprint density at radius 2 is 2.09 bits per heavy atom. The van der Waals surface area contributed by atoms with Crippen LogP contribution in [0.15, 0.2) is 12.1 Å². The normalized spacial score (nSPS) is 24.3. The van der Waals surface area contributed by atoms with Crippen molar-refractivity contribution in [2.24, 2.45) is 11.7 Å². The molecule has 1 aliphatic carbocycles. The van der Waals surface area contributed by atoms with E-state index in [1.54, 1.807) is 0 Å². The van der Waals surface area contributed by atoms with Gasteiger partial charge in [-0.25, -0.2) is 13.8 Å². The zero-order valence-electron chi connectivity index (χ0n) is 12.6. The van der Waals surface area contributed by atoms with Crippen LogP contribution in [0.4, 0.5) is 13.9 Å². The van der Waals surface area contributed by atoms with Crippen molar-refractivity contribution in [1.82, 2.24) is 4.98 Å². The molecule has 1 fully saturated rings. The first kappa shape index (κ1) is 18.0. The summed E-state index contributed by atoms with van der Waals surface area (Å²) in [7, 11) is 0. The molecule has 1 aromatic heterocycles. The minimum Gasteiger partial charge on any atom is -0.325 e. The highest BCUT2D eigenvalue weighted by Crippen LogP contribution is 2.34. The molecule has 1 aliphatic rings. The van der Waals surface area contributed by atoms with Gasteiger partial charge < -0.3 is 11.1 Å². The van der Waals surface area contributed by atoms with E-state index in [-0.39, 0.29) is 24.2 Å². The number of hydrogen-bond donors (Lipinski definition) is 2. The summed E-state index contributed by atoms with van der Waals surface area (Å²) in [4.78, 5) is 16.6. The Bertz CT molecular complexity index is 696. The summed E-state index contributed by atoms with van der Waals surface area (Å²) >= 11 is 1.12. The molecule has 3 rings (SSSR count). The third kappa shape index (κ3) is 3.62. The van der Waals surface area contributed by atoms with Crippen LogP contribution in [0.25, 0.3) is 10.2 Å². The number of carbonyl (C=O) groups excluding carboxylic acids is 1. The van der Waals surface area contributed by atoms with Crippen molar-refractivity contribution in [2.75, 3.05) is 5.32 Å². The average Bonchev–Trinajstić information content (AvgIpc) is 2.79. The van der Waals surface area contributed by atoms with E-state index in [1.165, 1.54) is 0 Å². The standard InChI is InChI=1S/C15H17F2N3OS.ClH/c1-15(18)5-3-2-4-8(15)13(21)20-14-19-11-6-9(16)10(17)7-12(11)22-14;/h6-8H,2-5,18H2,1H3,(H,19,20,21);1H. The zero-order chi connectivity index (χ0) is 15.9. The van der Waals surface area contributed by atoms with Crippen LogP contribution in [0.2, 0.25) is 0 Å². The molecule has 1 amide bonds. The highest BCUT2D eigenvalue weighted by molar-refractivity contribution is 7.22. The lowest BCUT2D eigenvalue weighted by molar-refractivity contribution is -0.122. The molecule has 0 spiro atoms. The number of thiazole rings is 1. The van der Waals surface area contributed by atoms with Gasteiger partial charge in [0.2, 0.25) is 5.91 Å². The molecular weight excluding hydrogens is 344 g/mol. The minimum atomic E-state index is -0.947. The van der Waals surface area contributed by atoms with E-state index in [0.29, 0.717) is 15.3 Å². The largest absolute Gasteiger partial charge is 0.325 e. The first-order chi connectivity index (χ1) is 10.4. The van der Waals surface area contributed by atoms with Crippen molar-refractivity contribution in [3.05, 3.63) is 23.8 Å². The Balaban J connectivity index is 0.00000192. The Kier molecular flexibility index (Phi) is 5.23. The number of amides is 1. The van der Waals surface area contributed by atoms with Gasteiger partial charge in [-0.05, 0) is 25.8 Å². The molecule has 1 heterocycles. The van der Waals surface area contributed by atoms with Crippen molar-refractivity contribution in [2.45, 2.75) is 38.1 Å². The van der Waals surface area contributed by atoms with E-state index in [2.05, 4.69) is 10.3 Å². The van der Waals surface area contributed by atoms with Crippen LogP contribution < -0.4 is 11.1 Å². The van der Waals surface area contributed by atoms with Crippen molar-refractivity contribution < 1.29 is 13.6 Å². The first-order valence-corrected chi connectivity index (χ1v) is 8.04. The number of nitrogens with two attached hydrogens (primary N) is 1. The molecule has 4 nitrogen and oxygen atoms in total. The quantitative estimate of drug-likeness (QED) is 0.853. The number of halogens is 3. The lowest BCUT2D eigenvalue weighted by atomic mass is 9.74. The smallest absolute Gasteiger partial charge is 0.231 e. The van der Waals surface area contributed by atoms with E-state index in [1.807, 2.05) is 6.92 Å². The summed E-state index contributed by atoms with van der Waals surface area (Å²) < 4.78 is 26.9. The number of nitrogens with one attached hydrogen (secondary N) is 1. The van der Waals surface area contributed by atoms with Gasteiger partial charge in [0, 0.05) is 11.6 Å². The predicted molar refractivity (Wildman–Crippen MR) is 90.0 cm³/mol. The Morgan fingerprint density at radius 3 is 2.78 bits per heavy atom. The summed E-state index contributed by atoms with van der Waals surface area (Å²) in [5.74, 6) is -2.32. The molecule has 23 heavy (non-hydrogen) atoms. The lowest BCUT2D eigenvalue weighted by Crippen LogP contribution is -2.51. The topological polar surface area (TPSA) is 68.0 Å². The molecule has 8 heteroatoms. The number of nitrogens with zero attached hydrogens (tertiary/aromatic N) is 1. The number of rotatable bonds is 2. The van der Waals surface area contributed by atoms with Gasteiger partial charge in [-0.2, -0.15) is 0 Å². The average molecular weight is 362 g/mol. The van der Waals surface area contributed by atoms with Crippen molar-refractivity contribution >= 4 is 45.0 Å². The minimum absolute atomic E-state index is 0. The monoisotopic (exact) mass is 361 g/mol. The second kappa shape index (κ2) is 6.67. The molecule has 3 N–H and O–H groups in total. The summed E-state index contributed by atoms with van der Waals surface area (Å²) in [5, 5.41) is 3.08. The number of anilines is 1. The molecule has 0 saturated heterocycles. The van der Waals surface area contributed by atoms with Crippen molar-refractivity contribution in [1.29, 1.82) is 0 Å². The molecule has 2 aromatic rings. The van der Waals surface area contributed by atoms with Crippen LogP contribution in [-0.2, 0) is 4.79 Å². The van der Waals surface area contributed by atoms with Gasteiger partial charge in [0.05, 0.1) is 16.1 Å². The van der Waals surface area contributed by atoms with Crippen LogP contribution in [-0.4, -0.2) is 16.4 Å². The van der Waals surface area contributed by atoms with E-state index < -0.39 is 17.2 Å². The third-order valence-electron chi connectivity index (χ3n) is 4.23. The molecule has 1 aromatic carbocycles. The fraction of sp³-hybridized carbons (Fsp3) is 0.467. The molecular formula is C15H18ClF2N3OS. The maximum absolute atomic E-state index is 13.2. The predicted octanol–water partition coefficient (Wildman–Crippen LogP) is 3.84. The molecule has 2 atom stereocenters. The van der Waals surface area contributed by atoms with Crippen LogP contribution in [0.5, 0.6) is 0 Å². The molecule has 0 radical (unpaired) electrons. The highest BCUT2D eigenvalue weighted by atomic mass is 35.5. The van der Waals surface area contributed by atoms with E-state index >= 15 is 0 Å². The molecule has 0 aliphatic heterocycles. The summed E-state index contributed by atoms with van der Waals surface area (Å²) in [5.41, 5.74) is 6.02. The van der Waals surface area contributed by atoms with E-state index in [0.717, 1.165) is 49.2 Å². The van der Waals surface area contributed by atoms with Crippen LogP contribution in [0, 0.1) is 17.6 Å². The Hall–Kier alpha value is -1.31. The second-order valence-corrected chi connectivity index (χ2v) is 7.08.